The summed E-state index contributed by atoms with van der Waals surface area (Å²) in [5.41, 5.74) is 0.279. The van der Waals surface area contributed by atoms with E-state index >= 15 is 0 Å². The van der Waals surface area contributed by atoms with Crippen molar-refractivity contribution < 1.29 is 19.8 Å². The average molecular weight is 217 g/mol. The maximum absolute atomic E-state index is 11.8. The second-order valence-electron chi connectivity index (χ2n) is 3.49. The Morgan fingerprint density at radius 2 is 1.69 bits per heavy atom. The van der Waals surface area contributed by atoms with Crippen molar-refractivity contribution in [1.29, 1.82) is 0 Å². The van der Waals surface area contributed by atoms with Crippen LogP contribution in [0.5, 0.6) is 0 Å². The highest BCUT2D eigenvalue weighted by atomic mass is 16.3. The third kappa shape index (κ3) is 1.44. The molecule has 1 aromatic rings. The summed E-state index contributed by atoms with van der Waals surface area (Å²) in [5, 5.41) is 20.6. The highest BCUT2D eigenvalue weighted by molar-refractivity contribution is 6.52. The Balaban J connectivity index is 2.64. The van der Waals surface area contributed by atoms with E-state index in [4.69, 9.17) is 5.11 Å². The summed E-state index contributed by atoms with van der Waals surface area (Å²) in [6, 6.07) is 6.22. The lowest BCUT2D eigenvalue weighted by Gasteiger charge is -2.24. The van der Waals surface area contributed by atoms with E-state index < -0.39 is 17.3 Å². The van der Waals surface area contributed by atoms with Gasteiger partial charge in [0.15, 0.2) is 0 Å². The van der Waals surface area contributed by atoms with Gasteiger partial charge in [0, 0.05) is 12.2 Å². The van der Waals surface area contributed by atoms with Crippen LogP contribution in [0, 0.1) is 0 Å². The standard InChI is InChI=1S/C12H10O4/c13-6-5-9-10(14)7-3-1-2-4-8(7)11(15)12(9)16/h1-4,13-14H,5-6H2/p-1. The quantitative estimate of drug-likeness (QED) is 0.702. The Morgan fingerprint density at radius 1 is 1.06 bits per heavy atom. The fourth-order valence-corrected chi connectivity index (χ4v) is 1.74. The monoisotopic (exact) mass is 217 g/mol. The summed E-state index contributed by atoms with van der Waals surface area (Å²) in [4.78, 5) is 23.2. The Labute approximate surface area is 91.8 Å². The Bertz CT molecular complexity index is 499. The second-order valence-corrected chi connectivity index (χ2v) is 3.49. The van der Waals surface area contributed by atoms with Gasteiger partial charge in [-0.2, -0.15) is 0 Å². The minimum Gasteiger partial charge on any atom is -0.872 e. The molecule has 0 fully saturated rings. The zero-order valence-electron chi connectivity index (χ0n) is 8.40. The van der Waals surface area contributed by atoms with Crippen LogP contribution >= 0.6 is 0 Å². The molecule has 4 heteroatoms. The molecule has 0 aromatic heterocycles. The van der Waals surface area contributed by atoms with E-state index in [-0.39, 0.29) is 29.7 Å². The number of rotatable bonds is 2. The summed E-state index contributed by atoms with van der Waals surface area (Å²) >= 11 is 0. The highest BCUT2D eigenvalue weighted by Gasteiger charge is 2.27. The summed E-state index contributed by atoms with van der Waals surface area (Å²) in [7, 11) is 0. The van der Waals surface area contributed by atoms with E-state index in [9.17, 15) is 14.7 Å². The van der Waals surface area contributed by atoms with Crippen LogP contribution in [0.1, 0.15) is 22.3 Å². The van der Waals surface area contributed by atoms with Crippen LogP contribution in [0.15, 0.2) is 29.8 Å². The Morgan fingerprint density at radius 3 is 2.31 bits per heavy atom. The van der Waals surface area contributed by atoms with Crippen LogP contribution in [0.4, 0.5) is 0 Å². The smallest absolute Gasteiger partial charge is 0.233 e. The molecule has 82 valence electrons. The van der Waals surface area contributed by atoms with Crippen molar-refractivity contribution in [2.24, 2.45) is 0 Å². The van der Waals surface area contributed by atoms with Crippen molar-refractivity contribution >= 4 is 17.3 Å². The summed E-state index contributed by atoms with van der Waals surface area (Å²) in [5.74, 6) is -1.91. The van der Waals surface area contributed by atoms with Crippen molar-refractivity contribution in [1.82, 2.24) is 0 Å². The second kappa shape index (κ2) is 3.90. The van der Waals surface area contributed by atoms with Gasteiger partial charge in [0.05, 0.1) is 0 Å². The number of ketones is 2. The molecule has 0 bridgehead atoms. The number of carbonyl (C=O) groups is 2. The third-order valence-electron chi connectivity index (χ3n) is 2.53. The van der Waals surface area contributed by atoms with Crippen molar-refractivity contribution in [2.75, 3.05) is 6.61 Å². The topological polar surface area (TPSA) is 77.4 Å². The number of carbonyl (C=O) groups excluding carboxylic acids is 2. The van der Waals surface area contributed by atoms with Crippen LogP contribution in [0.2, 0.25) is 0 Å². The molecule has 0 saturated heterocycles. The summed E-state index contributed by atoms with van der Waals surface area (Å²) < 4.78 is 0. The summed E-state index contributed by atoms with van der Waals surface area (Å²) in [6.07, 6.45) is -0.0717. The van der Waals surface area contributed by atoms with Crippen LogP contribution in [-0.4, -0.2) is 23.3 Å². The number of fused-ring (bicyclic) bond motifs is 1. The third-order valence-corrected chi connectivity index (χ3v) is 2.53. The van der Waals surface area contributed by atoms with E-state index in [2.05, 4.69) is 0 Å². The molecule has 0 aliphatic heterocycles. The normalized spacial score (nSPS) is 15.3. The van der Waals surface area contributed by atoms with Gasteiger partial charge in [-0.1, -0.05) is 30.0 Å². The molecule has 2 rings (SSSR count). The first-order valence-electron chi connectivity index (χ1n) is 4.86. The lowest BCUT2D eigenvalue weighted by atomic mass is 9.87. The lowest BCUT2D eigenvalue weighted by Crippen LogP contribution is -2.28. The molecular weight excluding hydrogens is 208 g/mol. The SMILES string of the molecule is O=C1C(=O)c2ccccc2C([O-])=C1CCO. The van der Waals surface area contributed by atoms with E-state index in [1.165, 1.54) is 12.1 Å². The van der Waals surface area contributed by atoms with Gasteiger partial charge in [0.25, 0.3) is 0 Å². The molecule has 16 heavy (non-hydrogen) atoms. The maximum atomic E-state index is 11.8. The molecule has 0 unspecified atom stereocenters. The van der Waals surface area contributed by atoms with E-state index in [0.717, 1.165) is 0 Å². The number of hydrogen-bond acceptors (Lipinski definition) is 4. The fraction of sp³-hybridized carbons (Fsp3) is 0.167. The van der Waals surface area contributed by atoms with Crippen molar-refractivity contribution in [2.45, 2.75) is 6.42 Å². The van der Waals surface area contributed by atoms with Crippen LogP contribution in [0.25, 0.3) is 5.76 Å². The molecular formula is C12H9O4-. The van der Waals surface area contributed by atoms with Gasteiger partial charge in [0.1, 0.15) is 0 Å². The van der Waals surface area contributed by atoms with Crippen LogP contribution < -0.4 is 5.11 Å². The number of Topliss-reactive ketones (excluding diaryl/α,β-unsaturated/α-hetero) is 2. The predicted octanol–water partition coefficient (Wildman–Crippen LogP) is -0.0942. The highest BCUT2D eigenvalue weighted by Crippen LogP contribution is 2.26. The number of hydrogen-bond donors (Lipinski definition) is 1. The van der Waals surface area contributed by atoms with E-state index in [1.54, 1.807) is 12.1 Å². The average Bonchev–Trinajstić information content (AvgIpc) is 2.32. The summed E-state index contributed by atoms with van der Waals surface area (Å²) in [6.45, 7) is -0.317. The zero-order valence-corrected chi connectivity index (χ0v) is 8.40. The molecule has 1 N–H and O–H groups in total. The lowest BCUT2D eigenvalue weighted by molar-refractivity contribution is -0.245. The van der Waals surface area contributed by atoms with Gasteiger partial charge in [0.2, 0.25) is 11.6 Å². The van der Waals surface area contributed by atoms with Crippen LogP contribution in [-0.2, 0) is 4.79 Å². The van der Waals surface area contributed by atoms with Gasteiger partial charge in [-0.25, -0.2) is 0 Å². The molecule has 0 spiro atoms. The first-order valence-corrected chi connectivity index (χ1v) is 4.86. The van der Waals surface area contributed by atoms with Crippen molar-refractivity contribution in [3.63, 3.8) is 0 Å². The first kappa shape index (κ1) is 10.6. The number of benzene rings is 1. The molecule has 0 radical (unpaired) electrons. The molecule has 0 amide bonds. The van der Waals surface area contributed by atoms with E-state index in [1.807, 2.05) is 0 Å². The van der Waals surface area contributed by atoms with Gasteiger partial charge in [-0.15, -0.1) is 0 Å². The van der Waals surface area contributed by atoms with Gasteiger partial charge in [-0.05, 0) is 17.6 Å². The van der Waals surface area contributed by atoms with Crippen molar-refractivity contribution in [3.05, 3.63) is 41.0 Å². The Hall–Kier alpha value is -1.94. The molecule has 0 saturated carbocycles. The number of aliphatic hydroxyl groups is 1. The minimum atomic E-state index is -0.794. The maximum Gasteiger partial charge on any atom is 0.233 e. The molecule has 0 atom stereocenters. The fourth-order valence-electron chi connectivity index (χ4n) is 1.74. The number of aliphatic hydroxyl groups excluding tert-OH is 1. The van der Waals surface area contributed by atoms with Gasteiger partial charge >= 0.3 is 0 Å². The van der Waals surface area contributed by atoms with Crippen molar-refractivity contribution in [3.8, 4) is 0 Å². The molecule has 1 aliphatic carbocycles. The van der Waals surface area contributed by atoms with Crippen LogP contribution in [0.3, 0.4) is 0 Å². The molecule has 1 aliphatic rings. The van der Waals surface area contributed by atoms with Gasteiger partial charge < -0.3 is 10.2 Å². The van der Waals surface area contributed by atoms with E-state index in [0.29, 0.717) is 0 Å². The zero-order chi connectivity index (χ0) is 11.7. The van der Waals surface area contributed by atoms with Gasteiger partial charge in [-0.3, -0.25) is 9.59 Å². The largest absolute Gasteiger partial charge is 0.872 e. The minimum absolute atomic E-state index is 0.0717. The molecule has 1 aromatic carbocycles. The molecule has 0 heterocycles. The first-order chi connectivity index (χ1) is 7.66. The Kier molecular flexibility index (Phi) is 2.58. The predicted molar refractivity (Wildman–Crippen MR) is 54.4 cm³/mol. The molecule has 4 nitrogen and oxygen atoms in total.